The highest BCUT2D eigenvalue weighted by atomic mass is 16.7. The van der Waals surface area contributed by atoms with Gasteiger partial charge >= 0.3 is 5.97 Å². The van der Waals surface area contributed by atoms with Crippen molar-refractivity contribution in [1.29, 1.82) is 0 Å². The molecule has 1 aromatic rings. The van der Waals surface area contributed by atoms with Crippen molar-refractivity contribution >= 4 is 5.97 Å². The summed E-state index contributed by atoms with van der Waals surface area (Å²) in [5.74, 6) is -0.355. The largest absolute Gasteiger partial charge is 0.455 e. The van der Waals surface area contributed by atoms with Crippen molar-refractivity contribution < 1.29 is 28.8 Å². The molecule has 2 aliphatic heterocycles. The number of hydrogen-bond acceptors (Lipinski definition) is 6. The SMILES string of the molecule is C=C[C@@H]1O[C@@H]2C3=C(C)CC[C@@](O)([C@@H](OC(=O)c4ccccc4)C4[C@@H]5CO[C@@H]5CC[C@@]4(C)[C@@H]2O1)C3(C)C. The normalized spacial score (nSPS) is 44.8. The third kappa shape index (κ3) is 3.20. The van der Waals surface area contributed by atoms with Crippen molar-refractivity contribution in [2.24, 2.45) is 22.7 Å². The molecule has 0 aromatic heterocycles. The molecular weight excluding hydrogens is 456 g/mol. The summed E-state index contributed by atoms with van der Waals surface area (Å²) >= 11 is 0. The number of allylic oxidation sites excluding steroid dienone is 1. The number of benzene rings is 1. The Morgan fingerprint density at radius 3 is 2.58 bits per heavy atom. The maximum absolute atomic E-state index is 13.6. The number of fused-ring (bicyclic) bond motifs is 8. The molecule has 0 amide bonds. The topological polar surface area (TPSA) is 74.2 Å². The van der Waals surface area contributed by atoms with Crippen molar-refractivity contribution in [3.05, 3.63) is 59.7 Å². The molecule has 194 valence electrons. The Morgan fingerprint density at radius 1 is 1.17 bits per heavy atom. The highest BCUT2D eigenvalue weighted by molar-refractivity contribution is 5.89. The molecule has 6 heteroatoms. The van der Waals surface area contributed by atoms with Gasteiger partial charge in [-0.2, -0.15) is 0 Å². The summed E-state index contributed by atoms with van der Waals surface area (Å²) in [5, 5.41) is 12.8. The molecule has 0 spiro atoms. The van der Waals surface area contributed by atoms with Crippen LogP contribution in [0.1, 0.15) is 63.7 Å². The van der Waals surface area contributed by atoms with Crippen molar-refractivity contribution in [3.8, 4) is 0 Å². The lowest BCUT2D eigenvalue weighted by Gasteiger charge is -2.64. The van der Waals surface area contributed by atoms with Gasteiger partial charge in [-0.15, -0.1) is 0 Å². The summed E-state index contributed by atoms with van der Waals surface area (Å²) in [6, 6.07) is 9.09. The van der Waals surface area contributed by atoms with E-state index >= 15 is 0 Å². The molecule has 2 heterocycles. The molecular formula is C30H38O6. The van der Waals surface area contributed by atoms with Crippen molar-refractivity contribution in [1.82, 2.24) is 0 Å². The Balaban J connectivity index is 1.54. The molecule has 0 radical (unpaired) electrons. The van der Waals surface area contributed by atoms with Gasteiger partial charge in [-0.3, -0.25) is 0 Å². The van der Waals surface area contributed by atoms with Crippen LogP contribution < -0.4 is 0 Å². The number of esters is 1. The molecule has 4 fully saturated rings. The van der Waals surface area contributed by atoms with Crippen LogP contribution in [0.2, 0.25) is 0 Å². The molecule has 1 unspecified atom stereocenters. The van der Waals surface area contributed by atoms with Gasteiger partial charge in [0.05, 0.1) is 24.4 Å². The monoisotopic (exact) mass is 494 g/mol. The molecule has 2 saturated carbocycles. The highest BCUT2D eigenvalue weighted by Crippen LogP contribution is 2.64. The molecule has 9 atom stereocenters. The Labute approximate surface area is 213 Å². The second-order valence-electron chi connectivity index (χ2n) is 12.3. The first-order valence-corrected chi connectivity index (χ1v) is 13.4. The first-order chi connectivity index (χ1) is 17.1. The van der Waals surface area contributed by atoms with Crippen LogP contribution >= 0.6 is 0 Å². The first-order valence-electron chi connectivity index (χ1n) is 13.4. The van der Waals surface area contributed by atoms with Crippen LogP contribution in [0.25, 0.3) is 0 Å². The van der Waals surface area contributed by atoms with E-state index < -0.39 is 29.4 Å². The number of aliphatic hydroxyl groups is 1. The molecule has 6 rings (SSSR count). The van der Waals surface area contributed by atoms with Gasteiger partial charge < -0.3 is 24.1 Å². The third-order valence-corrected chi connectivity index (χ3v) is 10.3. The summed E-state index contributed by atoms with van der Waals surface area (Å²) in [5.41, 5.74) is 0.450. The van der Waals surface area contributed by atoms with Gasteiger partial charge in [0.1, 0.15) is 17.8 Å². The van der Waals surface area contributed by atoms with Gasteiger partial charge in [0, 0.05) is 22.7 Å². The average Bonchev–Trinajstić information content (AvgIpc) is 3.26. The maximum atomic E-state index is 13.6. The fourth-order valence-electron chi connectivity index (χ4n) is 8.20. The fourth-order valence-corrected chi connectivity index (χ4v) is 8.20. The molecule has 5 aliphatic rings. The second kappa shape index (κ2) is 8.26. The van der Waals surface area contributed by atoms with E-state index in [0.717, 1.165) is 18.4 Å². The number of rotatable bonds is 3. The lowest BCUT2D eigenvalue weighted by molar-refractivity contribution is -0.272. The quantitative estimate of drug-likeness (QED) is 0.480. The summed E-state index contributed by atoms with van der Waals surface area (Å²) < 4.78 is 25.6. The van der Waals surface area contributed by atoms with E-state index in [1.165, 1.54) is 5.57 Å². The minimum Gasteiger partial charge on any atom is -0.455 e. The van der Waals surface area contributed by atoms with Crippen LogP contribution in [0.4, 0.5) is 0 Å². The zero-order valence-corrected chi connectivity index (χ0v) is 21.7. The molecule has 3 aliphatic carbocycles. The van der Waals surface area contributed by atoms with Crippen LogP contribution in [-0.4, -0.2) is 54.0 Å². The Kier molecular flexibility index (Phi) is 5.58. The molecule has 1 N–H and O–H groups in total. The predicted octanol–water partition coefficient (Wildman–Crippen LogP) is 4.82. The average molecular weight is 495 g/mol. The van der Waals surface area contributed by atoms with E-state index in [1.807, 2.05) is 18.2 Å². The standard InChI is InChI=1S/C30H38O6/c1-6-21-34-24-22-17(2)12-15-30(32,28(22,3)4)25(36-27(31)18-10-8-7-9-11-18)23-19-16-33-20(19)13-14-29(23,5)26(24)35-21/h6-11,19-21,23-26,32H,1,12-16H2,2-5H3/t19-,20-,21-,23?,24-,25+,26-,29-,30-/m1/s1. The van der Waals surface area contributed by atoms with Gasteiger partial charge in [0.2, 0.25) is 0 Å². The number of ether oxygens (including phenoxy) is 4. The first kappa shape index (κ1) is 24.4. The predicted molar refractivity (Wildman–Crippen MR) is 134 cm³/mol. The molecule has 2 bridgehead atoms. The molecule has 6 nitrogen and oxygen atoms in total. The van der Waals surface area contributed by atoms with Crippen molar-refractivity contribution in [2.75, 3.05) is 6.61 Å². The van der Waals surface area contributed by atoms with Crippen molar-refractivity contribution in [3.63, 3.8) is 0 Å². The number of carbonyl (C=O) groups is 1. The van der Waals surface area contributed by atoms with Gasteiger partial charge in [0.15, 0.2) is 6.29 Å². The van der Waals surface area contributed by atoms with Gasteiger partial charge in [-0.05, 0) is 56.4 Å². The van der Waals surface area contributed by atoms with E-state index in [2.05, 4.69) is 34.3 Å². The van der Waals surface area contributed by atoms with Crippen LogP contribution in [0, 0.1) is 22.7 Å². The van der Waals surface area contributed by atoms with Crippen LogP contribution in [0.5, 0.6) is 0 Å². The zero-order valence-electron chi connectivity index (χ0n) is 21.7. The minimum absolute atomic E-state index is 0.114. The smallest absolute Gasteiger partial charge is 0.338 e. The van der Waals surface area contributed by atoms with E-state index in [-0.39, 0.29) is 35.6 Å². The van der Waals surface area contributed by atoms with E-state index in [0.29, 0.717) is 25.0 Å². The van der Waals surface area contributed by atoms with Crippen LogP contribution in [0.3, 0.4) is 0 Å². The second-order valence-corrected chi connectivity index (χ2v) is 12.3. The Bertz CT molecular complexity index is 1090. The molecule has 1 aromatic carbocycles. The Hall–Kier alpha value is -1.99. The maximum Gasteiger partial charge on any atom is 0.338 e. The molecule has 2 saturated heterocycles. The summed E-state index contributed by atoms with van der Waals surface area (Å²) in [6.45, 7) is 13.1. The summed E-state index contributed by atoms with van der Waals surface area (Å²) in [7, 11) is 0. The highest BCUT2D eigenvalue weighted by Gasteiger charge is 2.70. The molecule has 36 heavy (non-hydrogen) atoms. The van der Waals surface area contributed by atoms with Gasteiger partial charge in [-0.25, -0.2) is 4.79 Å². The van der Waals surface area contributed by atoms with Crippen LogP contribution in [0.15, 0.2) is 54.1 Å². The number of carbonyl (C=O) groups excluding carboxylic acids is 1. The van der Waals surface area contributed by atoms with Gasteiger partial charge in [0.25, 0.3) is 0 Å². The van der Waals surface area contributed by atoms with E-state index in [1.54, 1.807) is 18.2 Å². The van der Waals surface area contributed by atoms with Crippen molar-refractivity contribution in [2.45, 2.75) is 89.7 Å². The van der Waals surface area contributed by atoms with Crippen LogP contribution in [-0.2, 0) is 18.9 Å². The minimum atomic E-state index is -1.27. The summed E-state index contributed by atoms with van der Waals surface area (Å²) in [4.78, 5) is 13.6. The van der Waals surface area contributed by atoms with Gasteiger partial charge in [-0.1, -0.05) is 51.1 Å². The van der Waals surface area contributed by atoms with E-state index in [9.17, 15) is 9.90 Å². The fraction of sp³-hybridized carbons (Fsp3) is 0.633. The number of hydrogen-bond donors (Lipinski definition) is 1. The van der Waals surface area contributed by atoms with E-state index in [4.69, 9.17) is 18.9 Å². The lowest BCUT2D eigenvalue weighted by Crippen LogP contribution is -2.72. The lowest BCUT2D eigenvalue weighted by atomic mass is 9.46. The third-order valence-electron chi connectivity index (χ3n) is 10.3. The Morgan fingerprint density at radius 2 is 1.92 bits per heavy atom. The zero-order chi connectivity index (χ0) is 25.5. The summed E-state index contributed by atoms with van der Waals surface area (Å²) in [6.07, 6.45) is 3.08.